The molecule has 0 amide bonds. The first-order valence-electron chi connectivity index (χ1n) is 6.49. The number of carboxylic acids is 1. The van der Waals surface area contributed by atoms with E-state index in [4.69, 9.17) is 9.84 Å². The number of aliphatic carboxylic acids is 1. The van der Waals surface area contributed by atoms with Crippen LogP contribution in [0.2, 0.25) is 0 Å². The molecule has 1 aliphatic heterocycles. The monoisotopic (exact) mass is 261 g/mol. The van der Waals surface area contributed by atoms with Gasteiger partial charge in [-0.1, -0.05) is 6.07 Å². The van der Waals surface area contributed by atoms with Crippen LogP contribution in [0.15, 0.2) is 24.3 Å². The average Bonchev–Trinajstić information content (AvgIpc) is 2.90. The van der Waals surface area contributed by atoms with E-state index in [1.54, 1.807) is 13.2 Å². The Morgan fingerprint density at radius 1 is 1.42 bits per heavy atom. The Balaban J connectivity index is 2.22. The van der Waals surface area contributed by atoms with Gasteiger partial charge in [-0.3, -0.25) is 4.90 Å². The lowest BCUT2D eigenvalue weighted by Gasteiger charge is -2.17. The third-order valence-electron chi connectivity index (χ3n) is 3.35. The highest BCUT2D eigenvalue weighted by Gasteiger charge is 2.13. The van der Waals surface area contributed by atoms with Gasteiger partial charge in [0.25, 0.3) is 0 Å². The molecular weight excluding hydrogens is 242 g/mol. The Kier molecular flexibility index (Phi) is 4.58. The van der Waals surface area contributed by atoms with Gasteiger partial charge in [-0.15, -0.1) is 0 Å². The molecule has 1 heterocycles. The molecule has 1 fully saturated rings. The molecule has 4 nitrogen and oxygen atoms in total. The summed E-state index contributed by atoms with van der Waals surface area (Å²) < 4.78 is 5.24. The number of nitrogens with zero attached hydrogens (tertiary/aromatic N) is 1. The van der Waals surface area contributed by atoms with Crippen molar-refractivity contribution in [1.82, 2.24) is 4.90 Å². The van der Waals surface area contributed by atoms with Gasteiger partial charge in [-0.25, -0.2) is 4.79 Å². The van der Waals surface area contributed by atoms with E-state index in [0.717, 1.165) is 36.5 Å². The lowest BCUT2D eigenvalue weighted by Crippen LogP contribution is -2.19. The predicted molar refractivity (Wildman–Crippen MR) is 74.2 cm³/mol. The number of carboxylic acid groups (broad SMARTS) is 1. The lowest BCUT2D eigenvalue weighted by molar-refractivity contribution is -0.131. The van der Waals surface area contributed by atoms with Crippen LogP contribution < -0.4 is 4.74 Å². The Labute approximate surface area is 113 Å². The molecule has 0 bridgehead atoms. The first-order chi connectivity index (χ1) is 9.19. The molecule has 1 aromatic rings. The molecule has 1 saturated heterocycles. The molecule has 0 saturated carbocycles. The minimum Gasteiger partial charge on any atom is -0.497 e. The van der Waals surface area contributed by atoms with Crippen molar-refractivity contribution in [1.29, 1.82) is 0 Å². The van der Waals surface area contributed by atoms with E-state index >= 15 is 0 Å². The second-order valence-electron chi connectivity index (χ2n) is 4.72. The Morgan fingerprint density at radius 2 is 2.16 bits per heavy atom. The Morgan fingerprint density at radius 3 is 2.79 bits per heavy atom. The van der Waals surface area contributed by atoms with Crippen LogP contribution in [0.3, 0.4) is 0 Å². The van der Waals surface area contributed by atoms with Gasteiger partial charge in [0.2, 0.25) is 0 Å². The molecule has 1 N–H and O–H groups in total. The van der Waals surface area contributed by atoms with E-state index < -0.39 is 5.97 Å². The maximum Gasteiger partial charge on any atom is 0.328 e. The number of likely N-dealkylation sites (tertiary alicyclic amines) is 1. The normalized spacial score (nSPS) is 16.1. The van der Waals surface area contributed by atoms with Crippen LogP contribution in [0.1, 0.15) is 24.0 Å². The highest BCUT2D eigenvalue weighted by Crippen LogP contribution is 2.22. The molecule has 0 radical (unpaired) electrons. The highest BCUT2D eigenvalue weighted by atomic mass is 16.5. The number of rotatable bonds is 5. The van der Waals surface area contributed by atoms with Gasteiger partial charge in [0.1, 0.15) is 5.75 Å². The SMILES string of the molecule is COc1ccc(C=CC(=O)O)c(CN2CCCC2)c1. The van der Waals surface area contributed by atoms with E-state index in [9.17, 15) is 4.79 Å². The maximum absolute atomic E-state index is 10.6. The topological polar surface area (TPSA) is 49.8 Å². The summed E-state index contributed by atoms with van der Waals surface area (Å²) in [5.74, 6) is -0.121. The molecule has 19 heavy (non-hydrogen) atoms. The largest absolute Gasteiger partial charge is 0.497 e. The van der Waals surface area contributed by atoms with Gasteiger partial charge < -0.3 is 9.84 Å². The second kappa shape index (κ2) is 6.38. The van der Waals surface area contributed by atoms with Crippen molar-refractivity contribution in [2.24, 2.45) is 0 Å². The molecule has 102 valence electrons. The summed E-state index contributed by atoms with van der Waals surface area (Å²) in [5, 5.41) is 8.73. The average molecular weight is 261 g/mol. The predicted octanol–water partition coefficient (Wildman–Crippen LogP) is 2.39. The number of hydrogen-bond acceptors (Lipinski definition) is 3. The van der Waals surface area contributed by atoms with Crippen molar-refractivity contribution in [3.05, 3.63) is 35.4 Å². The summed E-state index contributed by atoms with van der Waals surface area (Å²) >= 11 is 0. The smallest absolute Gasteiger partial charge is 0.328 e. The molecular formula is C15H19NO3. The Hall–Kier alpha value is -1.81. The number of ether oxygens (including phenoxy) is 1. The summed E-state index contributed by atoms with van der Waals surface area (Å²) in [5.41, 5.74) is 2.05. The third kappa shape index (κ3) is 3.83. The molecule has 0 spiro atoms. The van der Waals surface area contributed by atoms with Crippen molar-refractivity contribution in [3.8, 4) is 5.75 Å². The quantitative estimate of drug-likeness (QED) is 0.827. The zero-order valence-corrected chi connectivity index (χ0v) is 11.1. The molecule has 1 aromatic carbocycles. The number of methoxy groups -OCH3 is 1. The minimum absolute atomic E-state index is 0.807. The van der Waals surface area contributed by atoms with Crippen molar-refractivity contribution in [2.75, 3.05) is 20.2 Å². The van der Waals surface area contributed by atoms with Gasteiger partial charge >= 0.3 is 5.97 Å². The van der Waals surface area contributed by atoms with Gasteiger partial charge in [-0.05, 0) is 55.3 Å². The van der Waals surface area contributed by atoms with Gasteiger partial charge in [-0.2, -0.15) is 0 Å². The molecule has 1 aliphatic rings. The molecule has 0 atom stereocenters. The zero-order chi connectivity index (χ0) is 13.7. The van der Waals surface area contributed by atoms with Crippen LogP contribution in [0.4, 0.5) is 0 Å². The summed E-state index contributed by atoms with van der Waals surface area (Å²) in [6.45, 7) is 3.06. The fourth-order valence-corrected chi connectivity index (χ4v) is 2.35. The van der Waals surface area contributed by atoms with Crippen molar-refractivity contribution >= 4 is 12.0 Å². The summed E-state index contributed by atoms with van der Waals surface area (Å²) in [6, 6.07) is 5.75. The van der Waals surface area contributed by atoms with Crippen molar-refractivity contribution in [3.63, 3.8) is 0 Å². The number of hydrogen-bond donors (Lipinski definition) is 1. The van der Waals surface area contributed by atoms with Crippen molar-refractivity contribution < 1.29 is 14.6 Å². The van der Waals surface area contributed by atoms with Crippen LogP contribution in [0.25, 0.3) is 6.08 Å². The van der Waals surface area contributed by atoms with E-state index in [1.807, 2.05) is 18.2 Å². The Bertz CT molecular complexity index is 476. The fourth-order valence-electron chi connectivity index (χ4n) is 2.35. The van der Waals surface area contributed by atoms with Crippen LogP contribution >= 0.6 is 0 Å². The lowest BCUT2D eigenvalue weighted by atomic mass is 10.1. The van der Waals surface area contributed by atoms with E-state index in [-0.39, 0.29) is 0 Å². The summed E-state index contributed by atoms with van der Waals surface area (Å²) in [6.07, 6.45) is 5.30. The van der Waals surface area contributed by atoms with Gasteiger partial charge in [0.15, 0.2) is 0 Å². The van der Waals surface area contributed by atoms with E-state index in [2.05, 4.69) is 4.90 Å². The molecule has 0 unspecified atom stereocenters. The summed E-state index contributed by atoms with van der Waals surface area (Å²) in [4.78, 5) is 13.0. The van der Waals surface area contributed by atoms with E-state index in [0.29, 0.717) is 0 Å². The van der Waals surface area contributed by atoms with Crippen molar-refractivity contribution in [2.45, 2.75) is 19.4 Å². The van der Waals surface area contributed by atoms with Gasteiger partial charge in [0.05, 0.1) is 7.11 Å². The minimum atomic E-state index is -0.928. The molecule has 4 heteroatoms. The first kappa shape index (κ1) is 13.6. The van der Waals surface area contributed by atoms with Crippen LogP contribution in [0, 0.1) is 0 Å². The van der Waals surface area contributed by atoms with Gasteiger partial charge in [0, 0.05) is 12.6 Å². The van der Waals surface area contributed by atoms with Crippen LogP contribution in [-0.2, 0) is 11.3 Å². The second-order valence-corrected chi connectivity index (χ2v) is 4.72. The molecule has 0 aromatic heterocycles. The van der Waals surface area contributed by atoms with Crippen LogP contribution in [-0.4, -0.2) is 36.2 Å². The maximum atomic E-state index is 10.6. The number of benzene rings is 1. The fraction of sp³-hybridized carbons (Fsp3) is 0.400. The highest BCUT2D eigenvalue weighted by molar-refractivity contribution is 5.85. The number of carbonyl (C=O) groups is 1. The van der Waals surface area contributed by atoms with Crippen LogP contribution in [0.5, 0.6) is 5.75 Å². The molecule has 0 aliphatic carbocycles. The third-order valence-corrected chi connectivity index (χ3v) is 3.35. The van der Waals surface area contributed by atoms with E-state index in [1.165, 1.54) is 18.9 Å². The zero-order valence-electron chi connectivity index (χ0n) is 11.1. The summed E-state index contributed by atoms with van der Waals surface area (Å²) in [7, 11) is 1.64. The first-order valence-corrected chi connectivity index (χ1v) is 6.49. The standard InChI is InChI=1S/C15H19NO3/c1-19-14-6-4-12(5-7-15(17)18)13(10-14)11-16-8-2-3-9-16/h4-7,10H,2-3,8-9,11H2,1H3,(H,17,18). The molecule has 2 rings (SSSR count).